The van der Waals surface area contributed by atoms with E-state index in [-0.39, 0.29) is 0 Å². The Balaban J connectivity index is 1.44. The zero-order valence-electron chi connectivity index (χ0n) is 18.5. The molecule has 166 valence electrons. The highest BCUT2D eigenvalue weighted by Crippen LogP contribution is 2.23. The molecular weight excluding hydrogens is 402 g/mol. The number of nitrogens with one attached hydrogen (secondary N) is 3. The molecule has 3 N–H and O–H groups in total. The fourth-order valence-corrected chi connectivity index (χ4v) is 4.09. The number of anilines is 2. The van der Waals surface area contributed by atoms with Gasteiger partial charge in [0.2, 0.25) is 11.9 Å². The first-order chi connectivity index (χ1) is 15.7. The molecule has 1 unspecified atom stereocenters. The molecule has 4 aromatic rings. The fourth-order valence-electron chi connectivity index (χ4n) is 4.09. The molecule has 0 aliphatic carbocycles. The van der Waals surface area contributed by atoms with Gasteiger partial charge in [-0.3, -0.25) is 0 Å². The second-order valence-electron chi connectivity index (χ2n) is 8.53. The number of benzene rings is 1. The average molecular weight is 432 g/mol. The van der Waals surface area contributed by atoms with Gasteiger partial charge >= 0.3 is 0 Å². The number of hydrogen-bond acceptors (Lipinski definition) is 7. The van der Waals surface area contributed by atoms with Crippen molar-refractivity contribution in [3.8, 4) is 5.69 Å². The summed E-state index contributed by atoms with van der Waals surface area (Å²) < 4.78 is 3.67. The van der Waals surface area contributed by atoms with Crippen LogP contribution in [0.1, 0.15) is 37.3 Å². The van der Waals surface area contributed by atoms with Gasteiger partial charge in [-0.2, -0.15) is 24.7 Å². The number of fused-ring (bicyclic) bond motifs is 1. The van der Waals surface area contributed by atoms with Crippen molar-refractivity contribution in [1.82, 2.24) is 34.7 Å². The van der Waals surface area contributed by atoms with E-state index in [9.17, 15) is 0 Å². The predicted octanol–water partition coefficient (Wildman–Crippen LogP) is 3.07. The Morgan fingerprint density at radius 1 is 1.12 bits per heavy atom. The molecule has 9 nitrogen and oxygen atoms in total. The molecule has 1 aliphatic rings. The minimum Gasteiger partial charge on any atom is -0.354 e. The van der Waals surface area contributed by atoms with Crippen molar-refractivity contribution in [1.29, 1.82) is 0 Å². The molecule has 5 rings (SSSR count). The first-order valence-corrected chi connectivity index (χ1v) is 11.2. The minimum atomic E-state index is 0.322. The first-order valence-electron chi connectivity index (χ1n) is 11.2. The van der Waals surface area contributed by atoms with E-state index in [1.54, 1.807) is 10.7 Å². The van der Waals surface area contributed by atoms with Crippen LogP contribution in [-0.2, 0) is 6.54 Å². The number of rotatable bonds is 8. The van der Waals surface area contributed by atoms with Crippen LogP contribution in [0.15, 0.2) is 48.9 Å². The van der Waals surface area contributed by atoms with Crippen LogP contribution in [0.4, 0.5) is 11.9 Å². The van der Waals surface area contributed by atoms with Gasteiger partial charge in [-0.05, 0) is 49.0 Å². The molecule has 0 saturated carbocycles. The molecule has 0 amide bonds. The van der Waals surface area contributed by atoms with E-state index in [0.29, 0.717) is 30.3 Å². The van der Waals surface area contributed by atoms with Gasteiger partial charge in [-0.25, -0.2) is 4.68 Å². The van der Waals surface area contributed by atoms with Crippen molar-refractivity contribution in [3.05, 3.63) is 60.0 Å². The second kappa shape index (κ2) is 8.96. The molecule has 3 aromatic heterocycles. The van der Waals surface area contributed by atoms with Gasteiger partial charge in [-0.1, -0.05) is 32.0 Å². The molecule has 1 saturated heterocycles. The summed E-state index contributed by atoms with van der Waals surface area (Å²) in [4.78, 5) is 9.56. The van der Waals surface area contributed by atoms with Crippen molar-refractivity contribution in [3.63, 3.8) is 0 Å². The van der Waals surface area contributed by atoms with Gasteiger partial charge in [-0.15, -0.1) is 0 Å². The van der Waals surface area contributed by atoms with E-state index in [0.717, 1.165) is 42.1 Å². The van der Waals surface area contributed by atoms with E-state index in [1.165, 1.54) is 6.42 Å². The van der Waals surface area contributed by atoms with Crippen LogP contribution < -0.4 is 16.0 Å². The lowest BCUT2D eigenvalue weighted by molar-refractivity contribution is 0.612. The van der Waals surface area contributed by atoms with E-state index in [4.69, 9.17) is 9.97 Å². The fraction of sp³-hybridized carbons (Fsp3) is 0.391. The summed E-state index contributed by atoms with van der Waals surface area (Å²) in [5, 5.41) is 19.3. The molecule has 1 fully saturated rings. The standard InChI is InChI=1S/C23H29N9/c1-16(2)19-15-28-32-21(19)29-22(25-13-17-8-10-24-12-17)30-23(32)26-14-18-6-3-4-7-20(18)31-11-5-9-27-31/h3-7,9,11,15-17,24H,8,10,12-14H2,1-2H3,(H2,25,26,29,30). The van der Waals surface area contributed by atoms with E-state index in [2.05, 4.69) is 52.1 Å². The van der Waals surface area contributed by atoms with Crippen molar-refractivity contribution in [2.75, 3.05) is 30.3 Å². The van der Waals surface area contributed by atoms with Crippen LogP contribution in [0.25, 0.3) is 11.3 Å². The van der Waals surface area contributed by atoms with Gasteiger partial charge in [0.1, 0.15) is 0 Å². The zero-order valence-corrected chi connectivity index (χ0v) is 18.5. The Kier molecular flexibility index (Phi) is 5.72. The van der Waals surface area contributed by atoms with E-state index >= 15 is 0 Å². The summed E-state index contributed by atoms with van der Waals surface area (Å²) in [5.41, 5.74) is 4.10. The lowest BCUT2D eigenvalue weighted by Gasteiger charge is -2.14. The van der Waals surface area contributed by atoms with Gasteiger partial charge in [0, 0.05) is 31.0 Å². The lowest BCUT2D eigenvalue weighted by Crippen LogP contribution is -2.19. The summed E-state index contributed by atoms with van der Waals surface area (Å²) in [6, 6.07) is 10.1. The number of nitrogens with zero attached hydrogens (tertiary/aromatic N) is 6. The highest BCUT2D eigenvalue weighted by atomic mass is 15.4. The van der Waals surface area contributed by atoms with Crippen LogP contribution in [0.2, 0.25) is 0 Å². The number of hydrogen-bond donors (Lipinski definition) is 3. The third-order valence-electron chi connectivity index (χ3n) is 5.91. The van der Waals surface area contributed by atoms with Crippen molar-refractivity contribution in [2.45, 2.75) is 32.7 Å². The van der Waals surface area contributed by atoms with Crippen molar-refractivity contribution in [2.24, 2.45) is 5.92 Å². The van der Waals surface area contributed by atoms with Crippen LogP contribution in [0.3, 0.4) is 0 Å². The summed E-state index contributed by atoms with van der Waals surface area (Å²) in [6.45, 7) is 7.87. The van der Waals surface area contributed by atoms with Crippen LogP contribution in [0.5, 0.6) is 0 Å². The number of para-hydroxylation sites is 1. The maximum Gasteiger partial charge on any atom is 0.229 e. The predicted molar refractivity (Wildman–Crippen MR) is 125 cm³/mol. The van der Waals surface area contributed by atoms with E-state index in [1.807, 2.05) is 35.3 Å². The molecule has 4 heterocycles. The Labute approximate surface area is 187 Å². The highest BCUT2D eigenvalue weighted by molar-refractivity contribution is 5.56. The summed E-state index contributed by atoms with van der Waals surface area (Å²) in [6.07, 6.45) is 6.80. The zero-order chi connectivity index (χ0) is 21.9. The Morgan fingerprint density at radius 2 is 2.03 bits per heavy atom. The van der Waals surface area contributed by atoms with Gasteiger partial charge in [0.05, 0.1) is 11.9 Å². The van der Waals surface area contributed by atoms with Crippen molar-refractivity contribution >= 4 is 17.5 Å². The Morgan fingerprint density at radius 3 is 2.81 bits per heavy atom. The van der Waals surface area contributed by atoms with Gasteiger partial charge < -0.3 is 16.0 Å². The molecule has 1 atom stereocenters. The average Bonchev–Trinajstić information content (AvgIpc) is 3.58. The molecule has 9 heteroatoms. The second-order valence-corrected chi connectivity index (χ2v) is 8.53. The summed E-state index contributed by atoms with van der Waals surface area (Å²) in [5.74, 6) is 2.23. The molecule has 32 heavy (non-hydrogen) atoms. The quantitative estimate of drug-likeness (QED) is 0.394. The largest absolute Gasteiger partial charge is 0.354 e. The first kappa shape index (κ1) is 20.4. The minimum absolute atomic E-state index is 0.322. The normalized spacial score (nSPS) is 16.2. The lowest BCUT2D eigenvalue weighted by atomic mass is 10.1. The topological polar surface area (TPSA) is 97.0 Å². The third-order valence-corrected chi connectivity index (χ3v) is 5.91. The molecule has 1 aromatic carbocycles. The Hall–Kier alpha value is -3.46. The molecule has 0 spiro atoms. The summed E-state index contributed by atoms with van der Waals surface area (Å²) in [7, 11) is 0. The third kappa shape index (κ3) is 4.16. The van der Waals surface area contributed by atoms with Gasteiger partial charge in [0.25, 0.3) is 0 Å². The van der Waals surface area contributed by atoms with Gasteiger partial charge in [0.15, 0.2) is 5.65 Å². The number of aromatic nitrogens is 6. The maximum absolute atomic E-state index is 4.79. The SMILES string of the molecule is CC(C)c1cnn2c(NCc3ccccc3-n3cccn3)nc(NCC3CCNC3)nc12. The molecular formula is C23H29N9. The summed E-state index contributed by atoms with van der Waals surface area (Å²) >= 11 is 0. The molecule has 0 bridgehead atoms. The van der Waals surface area contributed by atoms with Crippen LogP contribution >= 0.6 is 0 Å². The van der Waals surface area contributed by atoms with Crippen LogP contribution in [0, 0.1) is 5.92 Å². The highest BCUT2D eigenvalue weighted by Gasteiger charge is 2.18. The van der Waals surface area contributed by atoms with Crippen LogP contribution in [-0.4, -0.2) is 49.0 Å². The Bertz CT molecular complexity index is 1170. The maximum atomic E-state index is 4.79. The molecule has 0 radical (unpaired) electrons. The molecule has 1 aliphatic heterocycles. The van der Waals surface area contributed by atoms with Crippen molar-refractivity contribution < 1.29 is 0 Å². The smallest absolute Gasteiger partial charge is 0.229 e. The monoisotopic (exact) mass is 431 g/mol. The van der Waals surface area contributed by atoms with E-state index < -0.39 is 0 Å².